The van der Waals surface area contributed by atoms with Crippen molar-refractivity contribution in [2.75, 3.05) is 25.1 Å². The smallest absolute Gasteiger partial charge is 0.253 e. The molecule has 0 aliphatic carbocycles. The number of aromatic nitrogens is 1. The summed E-state index contributed by atoms with van der Waals surface area (Å²) in [6.07, 6.45) is 4.37. The van der Waals surface area contributed by atoms with E-state index in [4.69, 9.17) is 4.74 Å². The fourth-order valence-corrected chi connectivity index (χ4v) is 2.18. The predicted octanol–water partition coefficient (Wildman–Crippen LogP) is 2.20. The van der Waals surface area contributed by atoms with Gasteiger partial charge in [-0.2, -0.15) is 0 Å². The van der Waals surface area contributed by atoms with Crippen LogP contribution < -0.4 is 10.6 Å². The maximum absolute atomic E-state index is 12.2. The second-order valence-corrected chi connectivity index (χ2v) is 5.49. The molecule has 1 aromatic heterocycles. The van der Waals surface area contributed by atoms with Gasteiger partial charge in [-0.25, -0.2) is 4.98 Å². The molecule has 0 atom stereocenters. The van der Waals surface area contributed by atoms with Crippen LogP contribution in [0.1, 0.15) is 43.5 Å². The Kier molecular flexibility index (Phi) is 4.95. The van der Waals surface area contributed by atoms with Crippen LogP contribution in [0.4, 0.5) is 5.82 Å². The highest BCUT2D eigenvalue weighted by Gasteiger charge is 2.29. The number of nitrogens with one attached hydrogen (secondary N) is 2. The average molecular weight is 277 g/mol. The monoisotopic (exact) mass is 277 g/mol. The number of rotatable bonds is 5. The minimum Gasteiger partial charge on any atom is -0.381 e. The van der Waals surface area contributed by atoms with E-state index in [1.807, 2.05) is 12.1 Å². The topological polar surface area (TPSA) is 63.2 Å². The van der Waals surface area contributed by atoms with Crippen LogP contribution in [0.25, 0.3) is 0 Å². The Morgan fingerprint density at radius 2 is 2.15 bits per heavy atom. The number of carbonyl (C=O) groups excluding carboxylic acids is 1. The number of amides is 1. The number of hydrogen-bond donors (Lipinski definition) is 2. The molecule has 0 unspecified atom stereocenters. The first kappa shape index (κ1) is 14.8. The minimum atomic E-state index is -0.172. The van der Waals surface area contributed by atoms with E-state index in [0.29, 0.717) is 18.8 Å². The zero-order chi connectivity index (χ0) is 14.4. The van der Waals surface area contributed by atoms with Gasteiger partial charge in [0, 0.05) is 31.5 Å². The van der Waals surface area contributed by atoms with Crippen LogP contribution in [0.5, 0.6) is 0 Å². The van der Waals surface area contributed by atoms with Crippen LogP contribution in [-0.4, -0.2) is 36.2 Å². The Morgan fingerprint density at radius 3 is 2.75 bits per heavy atom. The highest BCUT2D eigenvalue weighted by Crippen LogP contribution is 2.20. The molecule has 0 aromatic carbocycles. The molecular weight excluding hydrogens is 254 g/mol. The lowest BCUT2D eigenvalue weighted by molar-refractivity contribution is 0.0423. The Balaban J connectivity index is 1.94. The zero-order valence-corrected chi connectivity index (χ0v) is 12.2. The molecule has 1 aromatic rings. The molecule has 2 heterocycles. The highest BCUT2D eigenvalue weighted by atomic mass is 16.5. The number of hydrogen-bond acceptors (Lipinski definition) is 4. The first-order chi connectivity index (χ1) is 9.63. The summed E-state index contributed by atoms with van der Waals surface area (Å²) in [5.41, 5.74) is 0.425. The van der Waals surface area contributed by atoms with Gasteiger partial charge in [-0.3, -0.25) is 4.79 Å². The van der Waals surface area contributed by atoms with Gasteiger partial charge in [0.15, 0.2) is 0 Å². The lowest BCUT2D eigenvalue weighted by Crippen LogP contribution is -2.49. The summed E-state index contributed by atoms with van der Waals surface area (Å²) in [4.78, 5) is 16.5. The van der Waals surface area contributed by atoms with Gasteiger partial charge in [0.1, 0.15) is 5.82 Å². The van der Waals surface area contributed by atoms with Gasteiger partial charge >= 0.3 is 0 Å². The standard InChI is InChI=1S/C15H23N3O2/c1-3-8-16-13-5-4-12(11-17-13)14(19)18-15(2)6-9-20-10-7-15/h4-5,11H,3,6-10H2,1-2H3,(H,16,17)(H,18,19). The normalized spacial score (nSPS) is 17.5. The number of anilines is 1. The Labute approximate surface area is 120 Å². The average Bonchev–Trinajstić information content (AvgIpc) is 2.46. The molecule has 0 spiro atoms. The van der Waals surface area contributed by atoms with Crippen molar-refractivity contribution >= 4 is 11.7 Å². The van der Waals surface area contributed by atoms with Gasteiger partial charge in [-0.05, 0) is 38.3 Å². The fourth-order valence-electron chi connectivity index (χ4n) is 2.18. The largest absolute Gasteiger partial charge is 0.381 e. The molecule has 1 fully saturated rings. The van der Waals surface area contributed by atoms with Crippen LogP contribution in [0.3, 0.4) is 0 Å². The molecule has 1 aliphatic heterocycles. The molecule has 2 rings (SSSR count). The Hall–Kier alpha value is -1.62. The number of pyridine rings is 1. The quantitative estimate of drug-likeness (QED) is 0.866. The summed E-state index contributed by atoms with van der Waals surface area (Å²) in [5, 5.41) is 6.28. The number of carbonyl (C=O) groups is 1. The first-order valence-corrected chi connectivity index (χ1v) is 7.23. The van der Waals surface area contributed by atoms with Crippen LogP contribution in [-0.2, 0) is 4.74 Å². The van der Waals surface area contributed by atoms with Crippen molar-refractivity contribution in [3.63, 3.8) is 0 Å². The molecular formula is C15H23N3O2. The van der Waals surface area contributed by atoms with Gasteiger partial charge in [0.2, 0.25) is 0 Å². The van der Waals surface area contributed by atoms with E-state index in [1.54, 1.807) is 6.20 Å². The van der Waals surface area contributed by atoms with Crippen molar-refractivity contribution < 1.29 is 9.53 Å². The molecule has 2 N–H and O–H groups in total. The molecule has 20 heavy (non-hydrogen) atoms. The molecule has 5 nitrogen and oxygen atoms in total. The van der Waals surface area contributed by atoms with E-state index in [0.717, 1.165) is 31.6 Å². The third-order valence-corrected chi connectivity index (χ3v) is 3.59. The Bertz CT molecular complexity index is 439. The second kappa shape index (κ2) is 6.70. The summed E-state index contributed by atoms with van der Waals surface area (Å²) >= 11 is 0. The Morgan fingerprint density at radius 1 is 1.40 bits per heavy atom. The molecule has 0 bridgehead atoms. The maximum atomic E-state index is 12.2. The van der Waals surface area contributed by atoms with Gasteiger partial charge < -0.3 is 15.4 Å². The van der Waals surface area contributed by atoms with Crippen molar-refractivity contribution in [1.82, 2.24) is 10.3 Å². The molecule has 110 valence electrons. The van der Waals surface area contributed by atoms with E-state index in [9.17, 15) is 4.79 Å². The summed E-state index contributed by atoms with van der Waals surface area (Å²) in [6.45, 7) is 6.46. The van der Waals surface area contributed by atoms with E-state index < -0.39 is 0 Å². The SMILES string of the molecule is CCCNc1ccc(C(=O)NC2(C)CCOCC2)cn1. The summed E-state index contributed by atoms with van der Waals surface area (Å²) in [7, 11) is 0. The lowest BCUT2D eigenvalue weighted by Gasteiger charge is -2.34. The van der Waals surface area contributed by atoms with Gasteiger partial charge in [-0.1, -0.05) is 6.92 Å². The van der Waals surface area contributed by atoms with Crippen molar-refractivity contribution in [3.05, 3.63) is 23.9 Å². The van der Waals surface area contributed by atoms with Crippen molar-refractivity contribution in [1.29, 1.82) is 0 Å². The van der Waals surface area contributed by atoms with E-state index in [2.05, 4.69) is 29.5 Å². The molecule has 0 saturated carbocycles. The predicted molar refractivity (Wildman–Crippen MR) is 78.9 cm³/mol. The van der Waals surface area contributed by atoms with Crippen molar-refractivity contribution in [3.8, 4) is 0 Å². The molecule has 1 amide bonds. The van der Waals surface area contributed by atoms with Gasteiger partial charge in [-0.15, -0.1) is 0 Å². The van der Waals surface area contributed by atoms with E-state index in [-0.39, 0.29) is 11.4 Å². The van der Waals surface area contributed by atoms with Crippen LogP contribution in [0.15, 0.2) is 18.3 Å². The fraction of sp³-hybridized carbons (Fsp3) is 0.600. The molecule has 0 radical (unpaired) electrons. The van der Waals surface area contributed by atoms with E-state index >= 15 is 0 Å². The van der Waals surface area contributed by atoms with Crippen molar-refractivity contribution in [2.24, 2.45) is 0 Å². The van der Waals surface area contributed by atoms with E-state index in [1.165, 1.54) is 0 Å². The van der Waals surface area contributed by atoms with Crippen molar-refractivity contribution in [2.45, 2.75) is 38.6 Å². The first-order valence-electron chi connectivity index (χ1n) is 7.23. The van der Waals surface area contributed by atoms with Crippen LogP contribution >= 0.6 is 0 Å². The maximum Gasteiger partial charge on any atom is 0.253 e. The minimum absolute atomic E-state index is 0.0658. The summed E-state index contributed by atoms with van der Waals surface area (Å²) in [5.74, 6) is 0.740. The molecule has 1 aliphatic rings. The van der Waals surface area contributed by atoms with Crippen LogP contribution in [0, 0.1) is 0 Å². The lowest BCUT2D eigenvalue weighted by atomic mass is 9.92. The van der Waals surface area contributed by atoms with Gasteiger partial charge in [0.25, 0.3) is 5.91 Å². The number of ether oxygens (including phenoxy) is 1. The van der Waals surface area contributed by atoms with Crippen LogP contribution in [0.2, 0.25) is 0 Å². The van der Waals surface area contributed by atoms with Gasteiger partial charge in [0.05, 0.1) is 5.56 Å². The summed E-state index contributed by atoms with van der Waals surface area (Å²) in [6, 6.07) is 3.65. The number of nitrogens with zero attached hydrogens (tertiary/aromatic N) is 1. The highest BCUT2D eigenvalue weighted by molar-refractivity contribution is 5.94. The second-order valence-electron chi connectivity index (χ2n) is 5.49. The third kappa shape index (κ3) is 3.93. The molecule has 1 saturated heterocycles. The zero-order valence-electron chi connectivity index (χ0n) is 12.2. The summed E-state index contributed by atoms with van der Waals surface area (Å²) < 4.78 is 5.33. The molecule has 5 heteroatoms. The third-order valence-electron chi connectivity index (χ3n) is 3.59.